The Morgan fingerprint density at radius 2 is 1.76 bits per heavy atom. The number of carboxylic acids is 1. The number of amides is 1. The fourth-order valence-corrected chi connectivity index (χ4v) is 13.7. The van der Waals surface area contributed by atoms with E-state index in [0.717, 1.165) is 31.6 Å². The second kappa shape index (κ2) is 12.7. The number of carbonyl (C=O) groups is 2. The molecule has 8 heteroatoms. The van der Waals surface area contributed by atoms with Crippen molar-refractivity contribution in [3.63, 3.8) is 0 Å². The normalized spacial score (nSPS) is 42.5. The summed E-state index contributed by atoms with van der Waals surface area (Å²) in [5.74, 6) is 3.23. The summed E-state index contributed by atoms with van der Waals surface area (Å²) in [6, 6.07) is 0. The van der Waals surface area contributed by atoms with Gasteiger partial charge < -0.3 is 15.3 Å². The summed E-state index contributed by atoms with van der Waals surface area (Å²) in [4.78, 5) is 26.5. The van der Waals surface area contributed by atoms with Gasteiger partial charge in [0.05, 0.1) is 11.8 Å². The number of carboxylic acid groups (broad SMARTS) is 1. The maximum atomic E-state index is 13.3. The second-order valence-electron chi connectivity index (χ2n) is 16.9. The maximum absolute atomic E-state index is 13.3. The lowest BCUT2D eigenvalue weighted by atomic mass is 9.38. The van der Waals surface area contributed by atoms with Gasteiger partial charge in [0.1, 0.15) is 0 Å². The van der Waals surface area contributed by atoms with E-state index in [1.807, 2.05) is 0 Å². The Labute approximate surface area is 278 Å². The van der Waals surface area contributed by atoms with Crippen LogP contribution in [0.1, 0.15) is 118 Å². The van der Waals surface area contributed by atoms with Gasteiger partial charge in [0.15, 0.2) is 9.84 Å². The average molecular weight is 657 g/mol. The summed E-state index contributed by atoms with van der Waals surface area (Å²) in [6.07, 6.45) is 20.7. The smallest absolute Gasteiger partial charge is 0.303 e. The first kappa shape index (κ1) is 34.2. The minimum absolute atomic E-state index is 0.0477. The first-order chi connectivity index (χ1) is 21.7. The zero-order valence-electron chi connectivity index (χ0n) is 29.2. The Morgan fingerprint density at radius 3 is 2.46 bits per heavy atom. The summed E-state index contributed by atoms with van der Waals surface area (Å²) < 4.78 is 24.1. The van der Waals surface area contributed by atoms with Crippen molar-refractivity contribution < 1.29 is 23.1 Å². The van der Waals surface area contributed by atoms with Crippen LogP contribution in [0.2, 0.25) is 0 Å². The lowest BCUT2D eigenvalue weighted by molar-refractivity contribution is -0.166. The van der Waals surface area contributed by atoms with Crippen LogP contribution in [0, 0.1) is 46.3 Å². The molecule has 7 nitrogen and oxygen atoms in total. The molecule has 6 aliphatic rings. The van der Waals surface area contributed by atoms with E-state index < -0.39 is 21.1 Å². The number of carbonyl (C=O) groups excluding carboxylic acids is 1. The molecule has 0 radical (unpaired) electrons. The first-order valence-electron chi connectivity index (χ1n) is 18.6. The van der Waals surface area contributed by atoms with Gasteiger partial charge in [-0.05, 0) is 135 Å². The van der Waals surface area contributed by atoms with Gasteiger partial charge in [0.2, 0.25) is 5.91 Å². The van der Waals surface area contributed by atoms with Crippen molar-refractivity contribution in [2.24, 2.45) is 46.3 Å². The van der Waals surface area contributed by atoms with E-state index in [9.17, 15) is 23.1 Å². The van der Waals surface area contributed by atoms with E-state index >= 15 is 0 Å². The summed E-state index contributed by atoms with van der Waals surface area (Å²) in [5.41, 5.74) is 3.36. The van der Waals surface area contributed by atoms with Gasteiger partial charge in [-0.3, -0.25) is 9.59 Å². The van der Waals surface area contributed by atoms with Crippen molar-refractivity contribution in [2.75, 3.05) is 25.9 Å². The third-order valence-corrected chi connectivity index (χ3v) is 16.4. The largest absolute Gasteiger partial charge is 0.481 e. The molecule has 0 aromatic rings. The minimum Gasteiger partial charge on any atom is -0.481 e. The van der Waals surface area contributed by atoms with Gasteiger partial charge in [0, 0.05) is 31.3 Å². The van der Waals surface area contributed by atoms with E-state index in [4.69, 9.17) is 0 Å². The van der Waals surface area contributed by atoms with Crippen LogP contribution in [-0.4, -0.2) is 67.0 Å². The molecule has 5 aliphatic carbocycles. The van der Waals surface area contributed by atoms with Gasteiger partial charge in [0.25, 0.3) is 0 Å². The summed E-state index contributed by atoms with van der Waals surface area (Å²) in [5, 5.41) is 12.8. The standard InChI is InChI=1S/C38H60N2O5S/c1-6-8-26(10-13-35(42)43)28-14-19-36(3)30(25(28)2)15-20-37(4)31-16-21-38(18-7-9-32(38)29(31)11-12-33(36)37)39-23-34(41)40-22-17-27(24-40)46(5,44)45/h8,14,25,27,29-33,39H,6-7,9-13,15-24H2,1-5H3,(H,42,43)/b26-8+. The molecule has 10 atom stereocenters. The zero-order valence-corrected chi connectivity index (χ0v) is 30.0. The number of aliphatic carboxylic acids is 1. The molecule has 1 amide bonds. The second-order valence-corrected chi connectivity index (χ2v) is 19.2. The van der Waals surface area contributed by atoms with E-state index in [-0.39, 0.29) is 23.3 Å². The van der Waals surface area contributed by atoms with Crippen LogP contribution >= 0.6 is 0 Å². The van der Waals surface area contributed by atoms with Crippen molar-refractivity contribution in [1.82, 2.24) is 10.2 Å². The number of likely N-dealkylation sites (tertiary alicyclic amines) is 1. The Bertz CT molecular complexity index is 1370. The molecule has 0 spiro atoms. The van der Waals surface area contributed by atoms with Gasteiger partial charge in [-0.1, -0.05) is 46.3 Å². The molecular weight excluding hydrogens is 596 g/mol. The molecule has 46 heavy (non-hydrogen) atoms. The SMILES string of the molecule is CC/C=C(\CCC(=O)O)C1=CCC2(C)C(CCC3(C)C4CCC5(NCC(=O)N6CCC(S(C)(=O)=O)C6)CCCC5C4CCC23)C1C. The fourth-order valence-electron chi connectivity index (χ4n) is 12.7. The summed E-state index contributed by atoms with van der Waals surface area (Å²) in [7, 11) is -3.12. The molecule has 1 heterocycles. The number of rotatable bonds is 9. The molecule has 258 valence electrons. The number of fused-ring (bicyclic) bond motifs is 7. The van der Waals surface area contributed by atoms with E-state index in [1.165, 1.54) is 62.3 Å². The number of allylic oxidation sites excluding steroid dienone is 4. The van der Waals surface area contributed by atoms with E-state index in [2.05, 4.69) is 45.2 Å². The Morgan fingerprint density at radius 1 is 1.00 bits per heavy atom. The van der Waals surface area contributed by atoms with Gasteiger partial charge in [-0.2, -0.15) is 0 Å². The molecule has 1 saturated heterocycles. The predicted octanol–water partition coefficient (Wildman–Crippen LogP) is 6.79. The molecule has 0 aromatic heterocycles. The molecule has 0 aromatic carbocycles. The summed E-state index contributed by atoms with van der Waals surface area (Å²) >= 11 is 0. The molecule has 1 aliphatic heterocycles. The highest BCUT2D eigenvalue weighted by atomic mass is 32.2. The highest BCUT2D eigenvalue weighted by Crippen LogP contribution is 2.70. The Balaban J connectivity index is 1.16. The van der Waals surface area contributed by atoms with Gasteiger partial charge >= 0.3 is 5.97 Å². The van der Waals surface area contributed by atoms with Gasteiger partial charge in [-0.25, -0.2) is 8.42 Å². The number of sulfone groups is 1. The molecule has 2 N–H and O–H groups in total. The van der Waals surface area contributed by atoms with E-state index in [1.54, 1.807) is 4.90 Å². The minimum atomic E-state index is -3.12. The Hall–Kier alpha value is -1.67. The number of hydrogen-bond donors (Lipinski definition) is 2. The number of nitrogens with zero attached hydrogens (tertiary/aromatic N) is 1. The van der Waals surface area contributed by atoms with Crippen LogP contribution in [0.3, 0.4) is 0 Å². The average Bonchev–Trinajstić information content (AvgIpc) is 3.67. The first-order valence-corrected chi connectivity index (χ1v) is 20.5. The molecular formula is C38H60N2O5S. The van der Waals surface area contributed by atoms with Gasteiger partial charge in [-0.15, -0.1) is 0 Å². The zero-order chi connectivity index (χ0) is 33.1. The molecule has 10 unspecified atom stereocenters. The van der Waals surface area contributed by atoms with E-state index in [0.29, 0.717) is 67.5 Å². The monoisotopic (exact) mass is 656 g/mol. The van der Waals surface area contributed by atoms with Crippen LogP contribution in [0.15, 0.2) is 23.3 Å². The highest BCUT2D eigenvalue weighted by Gasteiger charge is 2.64. The number of hydrogen-bond acceptors (Lipinski definition) is 5. The van der Waals surface area contributed by atoms with Crippen molar-refractivity contribution in [3.05, 3.63) is 23.3 Å². The highest BCUT2D eigenvalue weighted by molar-refractivity contribution is 7.91. The third-order valence-electron chi connectivity index (χ3n) is 14.8. The fraction of sp³-hybridized carbons (Fsp3) is 0.842. The molecule has 6 rings (SSSR count). The van der Waals surface area contributed by atoms with Crippen LogP contribution in [0.25, 0.3) is 0 Å². The third kappa shape index (κ3) is 5.83. The quantitative estimate of drug-likeness (QED) is 0.283. The molecule has 5 fully saturated rings. The van der Waals surface area contributed by atoms with Crippen LogP contribution in [0.5, 0.6) is 0 Å². The predicted molar refractivity (Wildman–Crippen MR) is 183 cm³/mol. The number of nitrogens with one attached hydrogen (secondary N) is 1. The van der Waals surface area contributed by atoms with Crippen molar-refractivity contribution >= 4 is 21.7 Å². The lowest BCUT2D eigenvalue weighted by Gasteiger charge is -2.67. The molecule has 0 bridgehead atoms. The maximum Gasteiger partial charge on any atom is 0.303 e. The van der Waals surface area contributed by atoms with Crippen LogP contribution < -0.4 is 5.32 Å². The topological polar surface area (TPSA) is 104 Å². The van der Waals surface area contributed by atoms with Crippen molar-refractivity contribution in [3.8, 4) is 0 Å². The molecule has 4 saturated carbocycles. The summed E-state index contributed by atoms with van der Waals surface area (Å²) in [6.45, 7) is 11.1. The van der Waals surface area contributed by atoms with Crippen LogP contribution in [0.4, 0.5) is 0 Å². The Kier molecular flexibility index (Phi) is 9.41. The lowest BCUT2D eigenvalue weighted by Crippen LogP contribution is -2.63. The van der Waals surface area contributed by atoms with Crippen molar-refractivity contribution in [1.29, 1.82) is 0 Å². The van der Waals surface area contributed by atoms with Crippen LogP contribution in [-0.2, 0) is 19.4 Å². The van der Waals surface area contributed by atoms with Crippen molar-refractivity contribution in [2.45, 2.75) is 128 Å².